The highest BCUT2D eigenvalue weighted by molar-refractivity contribution is 5.98. The molecule has 0 spiro atoms. The molecule has 4 nitrogen and oxygen atoms in total. The SMILES string of the molecule is CC[C@@H](C)C(=O)OC[C@@H]1C=C2c3cccc4c3c(cn4C(C)C)C[C@H]2N(C)C1. The Morgan fingerprint density at radius 3 is 2.79 bits per heavy atom. The average Bonchev–Trinajstić information content (AvgIpc) is 3.06. The Morgan fingerprint density at radius 1 is 1.29 bits per heavy atom. The molecule has 0 bridgehead atoms. The predicted octanol–water partition coefficient (Wildman–Crippen LogP) is 4.68. The Hall–Kier alpha value is -2.07. The second-order valence-corrected chi connectivity index (χ2v) is 8.84. The Labute approximate surface area is 168 Å². The van der Waals surface area contributed by atoms with E-state index in [0.717, 1.165) is 19.4 Å². The zero-order chi connectivity index (χ0) is 20.0. The van der Waals surface area contributed by atoms with Gasteiger partial charge in [-0.2, -0.15) is 0 Å². The van der Waals surface area contributed by atoms with Crippen molar-refractivity contribution in [3.8, 4) is 0 Å². The van der Waals surface area contributed by atoms with Gasteiger partial charge in [-0.25, -0.2) is 0 Å². The van der Waals surface area contributed by atoms with Gasteiger partial charge in [-0.3, -0.25) is 9.69 Å². The highest BCUT2D eigenvalue weighted by Crippen LogP contribution is 2.42. The van der Waals surface area contributed by atoms with Gasteiger partial charge in [0.15, 0.2) is 0 Å². The Bertz CT molecular complexity index is 924. The van der Waals surface area contributed by atoms with Crippen molar-refractivity contribution < 1.29 is 9.53 Å². The summed E-state index contributed by atoms with van der Waals surface area (Å²) in [5, 5.41) is 1.41. The fourth-order valence-electron chi connectivity index (χ4n) is 4.71. The lowest BCUT2D eigenvalue weighted by molar-refractivity contribution is -0.149. The lowest BCUT2D eigenvalue weighted by Crippen LogP contribution is -2.43. The van der Waals surface area contributed by atoms with Crippen molar-refractivity contribution in [2.24, 2.45) is 11.8 Å². The van der Waals surface area contributed by atoms with Gasteiger partial charge in [0.1, 0.15) is 0 Å². The van der Waals surface area contributed by atoms with Crippen LogP contribution in [0.3, 0.4) is 0 Å². The molecule has 0 unspecified atom stereocenters. The first kappa shape index (κ1) is 19.3. The summed E-state index contributed by atoms with van der Waals surface area (Å²) in [7, 11) is 2.20. The molecule has 1 aliphatic heterocycles. The van der Waals surface area contributed by atoms with Crippen LogP contribution in [0.5, 0.6) is 0 Å². The van der Waals surface area contributed by atoms with Crippen molar-refractivity contribution in [3.63, 3.8) is 0 Å². The number of benzene rings is 1. The molecule has 2 heterocycles. The minimum atomic E-state index is -0.0762. The molecule has 4 rings (SSSR count). The van der Waals surface area contributed by atoms with Crippen LogP contribution in [0.1, 0.15) is 51.3 Å². The van der Waals surface area contributed by atoms with Crippen molar-refractivity contribution in [1.82, 2.24) is 9.47 Å². The van der Waals surface area contributed by atoms with Crippen LogP contribution in [0.25, 0.3) is 16.5 Å². The third kappa shape index (κ3) is 3.18. The average molecular weight is 381 g/mol. The highest BCUT2D eigenvalue weighted by atomic mass is 16.5. The second-order valence-electron chi connectivity index (χ2n) is 8.84. The standard InChI is InChI=1S/C24H32N2O2/c1-6-16(4)24(27)28-14-17-10-20-19-8-7-9-21-23(19)18(13-26(21)15(2)3)11-22(20)25(5)12-17/h7-10,13,15-17,22H,6,11-12,14H2,1-5H3/t16-,17-,22-/m1/s1. The smallest absolute Gasteiger partial charge is 0.308 e. The van der Waals surface area contributed by atoms with Gasteiger partial charge in [-0.1, -0.05) is 32.1 Å². The molecule has 0 saturated carbocycles. The van der Waals surface area contributed by atoms with Crippen LogP contribution in [0.15, 0.2) is 30.5 Å². The summed E-state index contributed by atoms with van der Waals surface area (Å²) in [6.45, 7) is 9.85. The first-order chi connectivity index (χ1) is 13.4. The molecular weight excluding hydrogens is 348 g/mol. The molecule has 150 valence electrons. The third-order valence-corrected chi connectivity index (χ3v) is 6.50. The number of likely N-dealkylation sites (N-methyl/N-ethyl adjacent to an activating group) is 1. The number of carbonyl (C=O) groups excluding carboxylic acids is 1. The lowest BCUT2D eigenvalue weighted by atomic mass is 9.80. The molecular formula is C24H32N2O2. The maximum absolute atomic E-state index is 12.1. The zero-order valence-corrected chi connectivity index (χ0v) is 17.7. The molecule has 0 radical (unpaired) electrons. The molecule has 0 fully saturated rings. The molecule has 2 aliphatic rings. The van der Waals surface area contributed by atoms with E-state index in [9.17, 15) is 4.79 Å². The molecule has 1 aliphatic carbocycles. The van der Waals surface area contributed by atoms with Gasteiger partial charge in [0.2, 0.25) is 0 Å². The van der Waals surface area contributed by atoms with Crippen molar-refractivity contribution >= 4 is 22.4 Å². The monoisotopic (exact) mass is 380 g/mol. The number of nitrogens with zero attached hydrogens (tertiary/aromatic N) is 2. The molecule has 1 aromatic heterocycles. The minimum absolute atomic E-state index is 0.0245. The largest absolute Gasteiger partial charge is 0.465 e. The van der Waals surface area contributed by atoms with Crippen molar-refractivity contribution in [3.05, 3.63) is 41.6 Å². The zero-order valence-electron chi connectivity index (χ0n) is 17.7. The van der Waals surface area contributed by atoms with Gasteiger partial charge in [0, 0.05) is 41.6 Å². The number of hydrogen-bond donors (Lipinski definition) is 0. The van der Waals surface area contributed by atoms with E-state index in [0.29, 0.717) is 18.7 Å². The van der Waals surface area contributed by atoms with E-state index in [-0.39, 0.29) is 17.8 Å². The van der Waals surface area contributed by atoms with Gasteiger partial charge in [-0.05, 0) is 56.5 Å². The van der Waals surface area contributed by atoms with Crippen LogP contribution < -0.4 is 0 Å². The van der Waals surface area contributed by atoms with Crippen LogP contribution in [0.2, 0.25) is 0 Å². The molecule has 28 heavy (non-hydrogen) atoms. The Kier molecular flexibility index (Phi) is 5.09. The number of ether oxygens (including phenoxy) is 1. The lowest BCUT2D eigenvalue weighted by Gasteiger charge is -2.39. The van der Waals surface area contributed by atoms with Gasteiger partial charge in [-0.15, -0.1) is 0 Å². The van der Waals surface area contributed by atoms with Crippen LogP contribution in [-0.4, -0.2) is 41.7 Å². The van der Waals surface area contributed by atoms with E-state index < -0.39 is 0 Å². The van der Waals surface area contributed by atoms with Crippen LogP contribution >= 0.6 is 0 Å². The molecule has 0 saturated heterocycles. The minimum Gasteiger partial charge on any atom is -0.465 e. The fraction of sp³-hybridized carbons (Fsp3) is 0.542. The van der Waals surface area contributed by atoms with E-state index in [1.165, 1.54) is 27.6 Å². The number of hydrogen-bond acceptors (Lipinski definition) is 3. The van der Waals surface area contributed by atoms with Gasteiger partial charge >= 0.3 is 5.97 Å². The second kappa shape index (κ2) is 7.40. The van der Waals surface area contributed by atoms with E-state index >= 15 is 0 Å². The highest BCUT2D eigenvalue weighted by Gasteiger charge is 2.34. The summed E-state index contributed by atoms with van der Waals surface area (Å²) in [5.41, 5.74) is 5.54. The summed E-state index contributed by atoms with van der Waals surface area (Å²) in [5.74, 6) is 0.143. The van der Waals surface area contributed by atoms with Gasteiger partial charge in [0.05, 0.1) is 12.5 Å². The quantitative estimate of drug-likeness (QED) is 0.706. The summed E-state index contributed by atoms with van der Waals surface area (Å²) < 4.78 is 8.03. The van der Waals surface area contributed by atoms with E-state index in [1.807, 2.05) is 13.8 Å². The predicted molar refractivity (Wildman–Crippen MR) is 114 cm³/mol. The van der Waals surface area contributed by atoms with Gasteiger partial charge < -0.3 is 9.30 Å². The first-order valence-corrected chi connectivity index (χ1v) is 10.6. The summed E-state index contributed by atoms with van der Waals surface area (Å²) in [4.78, 5) is 14.5. The fourth-order valence-corrected chi connectivity index (χ4v) is 4.71. The maximum Gasteiger partial charge on any atom is 0.308 e. The van der Waals surface area contributed by atoms with Crippen LogP contribution in [0, 0.1) is 11.8 Å². The van der Waals surface area contributed by atoms with Crippen molar-refractivity contribution in [2.75, 3.05) is 20.2 Å². The molecule has 1 aromatic carbocycles. The summed E-state index contributed by atoms with van der Waals surface area (Å²) in [6.07, 6.45) is 6.60. The van der Waals surface area contributed by atoms with E-state index in [4.69, 9.17) is 4.74 Å². The Morgan fingerprint density at radius 2 is 2.07 bits per heavy atom. The summed E-state index contributed by atoms with van der Waals surface area (Å²) >= 11 is 0. The van der Waals surface area contributed by atoms with Crippen molar-refractivity contribution in [2.45, 2.75) is 52.6 Å². The number of fused-ring (bicyclic) bond motifs is 2. The first-order valence-electron chi connectivity index (χ1n) is 10.6. The van der Waals surface area contributed by atoms with Crippen LogP contribution in [0.4, 0.5) is 0 Å². The molecule has 0 N–H and O–H groups in total. The molecule has 3 atom stereocenters. The van der Waals surface area contributed by atoms with Crippen molar-refractivity contribution in [1.29, 1.82) is 0 Å². The molecule has 4 heteroatoms. The van der Waals surface area contributed by atoms with Gasteiger partial charge in [0.25, 0.3) is 0 Å². The maximum atomic E-state index is 12.1. The topological polar surface area (TPSA) is 34.5 Å². The third-order valence-electron chi connectivity index (χ3n) is 6.50. The number of aromatic nitrogens is 1. The normalized spacial score (nSPS) is 22.9. The number of esters is 1. The number of carbonyl (C=O) groups is 1. The molecule has 2 aromatic rings. The number of rotatable bonds is 5. The molecule has 0 amide bonds. The van der Waals surface area contributed by atoms with Crippen LogP contribution in [-0.2, 0) is 16.0 Å². The Balaban J connectivity index is 1.68. The van der Waals surface area contributed by atoms with E-state index in [1.54, 1.807) is 0 Å². The van der Waals surface area contributed by atoms with E-state index in [2.05, 4.69) is 60.8 Å². The summed E-state index contributed by atoms with van der Waals surface area (Å²) in [6, 6.07) is 7.53.